The highest BCUT2D eigenvalue weighted by molar-refractivity contribution is 6.31. The summed E-state index contributed by atoms with van der Waals surface area (Å²) in [6, 6.07) is 5.07. The smallest absolute Gasteiger partial charge is 0.332 e. The molecule has 2 atom stereocenters. The minimum absolute atomic E-state index is 0.197. The van der Waals surface area contributed by atoms with Crippen LogP contribution in [0.1, 0.15) is 20.8 Å². The van der Waals surface area contributed by atoms with Gasteiger partial charge in [0.1, 0.15) is 5.92 Å². The van der Waals surface area contributed by atoms with Crippen molar-refractivity contribution in [1.29, 1.82) is 0 Å². The third-order valence-electron chi connectivity index (χ3n) is 3.78. The lowest BCUT2D eigenvalue weighted by molar-refractivity contribution is -0.156. The van der Waals surface area contributed by atoms with E-state index in [1.165, 1.54) is 7.11 Å². The van der Waals surface area contributed by atoms with Gasteiger partial charge in [-0.15, -0.1) is 0 Å². The average Bonchev–Trinajstić information content (AvgIpc) is 2.60. The Bertz CT molecular complexity index is 674. The number of carbonyl (C=O) groups excluding carboxylic acids is 2. The van der Waals surface area contributed by atoms with Gasteiger partial charge in [-0.25, -0.2) is 4.79 Å². The van der Waals surface area contributed by atoms with Gasteiger partial charge in [-0.3, -0.25) is 9.79 Å². The van der Waals surface area contributed by atoms with Crippen LogP contribution < -0.4 is 5.32 Å². The summed E-state index contributed by atoms with van der Waals surface area (Å²) in [4.78, 5) is 29.3. The number of ether oxygens (including phenoxy) is 2. The largest absolute Gasteiger partial charge is 0.468 e. The van der Waals surface area contributed by atoms with Crippen LogP contribution in [-0.2, 0) is 19.1 Å². The second-order valence-electron chi connectivity index (χ2n) is 5.42. The van der Waals surface area contributed by atoms with E-state index in [-0.39, 0.29) is 6.61 Å². The van der Waals surface area contributed by atoms with Gasteiger partial charge in [0, 0.05) is 10.7 Å². The molecule has 7 heteroatoms. The first-order chi connectivity index (χ1) is 10.8. The third-order valence-corrected chi connectivity index (χ3v) is 4.02. The SMILES string of the molecule is CCOC(=O)C1(C)Nc2cc(Cl)ccc2N=C(C)C1C(=O)OC. The van der Waals surface area contributed by atoms with Gasteiger partial charge in [-0.1, -0.05) is 11.6 Å². The van der Waals surface area contributed by atoms with E-state index in [1.807, 2.05) is 0 Å². The van der Waals surface area contributed by atoms with E-state index in [9.17, 15) is 9.59 Å². The Kier molecular flexibility index (Phi) is 4.94. The molecule has 0 saturated heterocycles. The molecule has 6 nitrogen and oxygen atoms in total. The number of halogens is 1. The minimum Gasteiger partial charge on any atom is -0.468 e. The number of hydrogen-bond donors (Lipinski definition) is 1. The van der Waals surface area contributed by atoms with Crippen LogP contribution in [0.25, 0.3) is 0 Å². The number of carbonyl (C=O) groups is 2. The number of aliphatic imine (C=N–C) groups is 1. The van der Waals surface area contributed by atoms with Gasteiger partial charge in [0.15, 0.2) is 5.54 Å². The summed E-state index contributed by atoms with van der Waals surface area (Å²) >= 11 is 6.03. The van der Waals surface area contributed by atoms with Crippen LogP contribution in [0.2, 0.25) is 5.02 Å². The minimum atomic E-state index is -1.35. The van der Waals surface area contributed by atoms with E-state index < -0.39 is 23.4 Å². The first-order valence-corrected chi connectivity index (χ1v) is 7.59. The van der Waals surface area contributed by atoms with Gasteiger partial charge in [-0.05, 0) is 39.0 Å². The van der Waals surface area contributed by atoms with Gasteiger partial charge < -0.3 is 14.8 Å². The molecule has 0 fully saturated rings. The standard InChI is InChI=1S/C16H19ClN2O4/c1-5-23-15(21)16(3)13(14(20)22-4)9(2)18-11-7-6-10(17)8-12(11)19-16/h6-8,13,19H,5H2,1-4H3. The molecule has 1 aliphatic rings. The second-order valence-corrected chi connectivity index (χ2v) is 5.86. The van der Waals surface area contributed by atoms with Crippen molar-refractivity contribution in [3.63, 3.8) is 0 Å². The highest BCUT2D eigenvalue weighted by atomic mass is 35.5. The lowest BCUT2D eigenvalue weighted by atomic mass is 9.82. The Morgan fingerprint density at radius 3 is 2.74 bits per heavy atom. The fourth-order valence-corrected chi connectivity index (χ4v) is 2.88. The van der Waals surface area contributed by atoms with Gasteiger partial charge in [0.2, 0.25) is 0 Å². The van der Waals surface area contributed by atoms with Crippen LogP contribution in [0, 0.1) is 5.92 Å². The molecule has 1 N–H and O–H groups in total. The fourth-order valence-electron chi connectivity index (χ4n) is 2.70. The van der Waals surface area contributed by atoms with Gasteiger partial charge >= 0.3 is 11.9 Å². The van der Waals surface area contributed by atoms with Crippen LogP contribution in [0.5, 0.6) is 0 Å². The number of hydrogen-bond acceptors (Lipinski definition) is 6. The summed E-state index contributed by atoms with van der Waals surface area (Å²) in [7, 11) is 1.27. The van der Waals surface area contributed by atoms with Gasteiger partial charge in [0.05, 0.1) is 25.1 Å². The van der Waals surface area contributed by atoms with Crippen molar-refractivity contribution in [3.05, 3.63) is 23.2 Å². The van der Waals surface area contributed by atoms with E-state index in [2.05, 4.69) is 10.3 Å². The molecular weight excluding hydrogens is 320 g/mol. The predicted molar refractivity (Wildman–Crippen MR) is 88.4 cm³/mol. The molecule has 0 amide bonds. The number of methoxy groups -OCH3 is 1. The highest BCUT2D eigenvalue weighted by Crippen LogP contribution is 2.38. The molecule has 0 spiro atoms. The molecule has 2 unspecified atom stereocenters. The number of anilines is 1. The van der Waals surface area contributed by atoms with Crippen molar-refractivity contribution < 1.29 is 19.1 Å². The van der Waals surface area contributed by atoms with Crippen molar-refractivity contribution in [1.82, 2.24) is 0 Å². The van der Waals surface area contributed by atoms with Crippen molar-refractivity contribution in [2.75, 3.05) is 19.0 Å². The number of esters is 2. The molecule has 0 bridgehead atoms. The zero-order chi connectivity index (χ0) is 17.2. The summed E-state index contributed by atoms with van der Waals surface area (Å²) < 4.78 is 10.0. The summed E-state index contributed by atoms with van der Waals surface area (Å²) in [5.41, 5.74) is 0.251. The lowest BCUT2D eigenvalue weighted by Gasteiger charge is -2.33. The normalized spacial score (nSPS) is 23.0. The van der Waals surface area contributed by atoms with E-state index >= 15 is 0 Å². The zero-order valence-electron chi connectivity index (χ0n) is 13.5. The maximum atomic E-state index is 12.6. The van der Waals surface area contributed by atoms with Gasteiger partial charge in [0.25, 0.3) is 0 Å². The van der Waals surface area contributed by atoms with Crippen molar-refractivity contribution in [2.24, 2.45) is 10.9 Å². The van der Waals surface area contributed by atoms with Crippen molar-refractivity contribution >= 4 is 40.6 Å². The second kappa shape index (κ2) is 6.58. The third kappa shape index (κ3) is 3.17. The lowest BCUT2D eigenvalue weighted by Crippen LogP contribution is -2.56. The Balaban J connectivity index is 2.62. The molecule has 23 heavy (non-hydrogen) atoms. The molecule has 0 aromatic heterocycles. The molecule has 1 aromatic carbocycles. The Labute approximate surface area is 139 Å². The van der Waals surface area contributed by atoms with Crippen LogP contribution >= 0.6 is 11.6 Å². The number of nitrogens with zero attached hydrogens (tertiary/aromatic N) is 1. The molecule has 0 aliphatic carbocycles. The van der Waals surface area contributed by atoms with Crippen LogP contribution in [0.4, 0.5) is 11.4 Å². The van der Waals surface area contributed by atoms with E-state index in [4.69, 9.17) is 21.1 Å². The monoisotopic (exact) mass is 338 g/mol. The maximum Gasteiger partial charge on any atom is 0.332 e. The summed E-state index contributed by atoms with van der Waals surface area (Å²) in [5.74, 6) is -2.04. The predicted octanol–water partition coefficient (Wildman–Crippen LogP) is 2.97. The maximum absolute atomic E-state index is 12.6. The number of benzene rings is 1. The molecule has 124 valence electrons. The summed E-state index contributed by atoms with van der Waals surface area (Å²) in [6.45, 7) is 5.19. The zero-order valence-corrected chi connectivity index (χ0v) is 14.2. The molecule has 1 heterocycles. The Morgan fingerprint density at radius 1 is 1.43 bits per heavy atom. The van der Waals surface area contributed by atoms with Gasteiger partial charge in [-0.2, -0.15) is 0 Å². The quantitative estimate of drug-likeness (QED) is 0.857. The molecule has 2 rings (SSSR count). The molecule has 1 aromatic rings. The Morgan fingerprint density at radius 2 is 2.13 bits per heavy atom. The summed E-state index contributed by atoms with van der Waals surface area (Å²) in [6.07, 6.45) is 0. The number of rotatable bonds is 3. The van der Waals surface area contributed by atoms with E-state index in [1.54, 1.807) is 39.0 Å². The van der Waals surface area contributed by atoms with E-state index in [0.717, 1.165) is 0 Å². The topological polar surface area (TPSA) is 77.0 Å². The molecule has 1 aliphatic heterocycles. The Hall–Kier alpha value is -2.08. The molecular formula is C16H19ClN2O4. The van der Waals surface area contributed by atoms with Crippen LogP contribution in [-0.4, -0.2) is 36.9 Å². The molecule has 0 saturated carbocycles. The van der Waals surface area contributed by atoms with Crippen LogP contribution in [0.3, 0.4) is 0 Å². The first kappa shape index (κ1) is 17.3. The fraction of sp³-hybridized carbons (Fsp3) is 0.438. The summed E-state index contributed by atoms with van der Waals surface area (Å²) in [5, 5.41) is 3.58. The molecule has 0 radical (unpaired) electrons. The first-order valence-electron chi connectivity index (χ1n) is 7.21. The van der Waals surface area contributed by atoms with E-state index in [0.29, 0.717) is 22.1 Å². The van der Waals surface area contributed by atoms with Crippen LogP contribution in [0.15, 0.2) is 23.2 Å². The van der Waals surface area contributed by atoms with Crippen molar-refractivity contribution in [2.45, 2.75) is 26.3 Å². The van der Waals surface area contributed by atoms with Crippen molar-refractivity contribution in [3.8, 4) is 0 Å². The number of nitrogens with one attached hydrogen (secondary N) is 1. The number of fused-ring (bicyclic) bond motifs is 1. The highest BCUT2D eigenvalue weighted by Gasteiger charge is 2.50. The average molecular weight is 339 g/mol.